The van der Waals surface area contributed by atoms with Gasteiger partial charge in [0.2, 0.25) is 10.0 Å². The van der Waals surface area contributed by atoms with Gasteiger partial charge in [-0.25, -0.2) is 21.9 Å². The van der Waals surface area contributed by atoms with Gasteiger partial charge in [0.25, 0.3) is 5.91 Å². The van der Waals surface area contributed by atoms with E-state index in [1.807, 2.05) is 19.1 Å². The van der Waals surface area contributed by atoms with Gasteiger partial charge in [-0.3, -0.25) is 4.79 Å². The first kappa shape index (κ1) is 21.6. The van der Waals surface area contributed by atoms with Crippen LogP contribution in [0.1, 0.15) is 27.0 Å². The van der Waals surface area contributed by atoms with Crippen LogP contribution in [0, 0.1) is 25.5 Å². The summed E-state index contributed by atoms with van der Waals surface area (Å²) in [7, 11) is -4.02. The molecule has 0 saturated carbocycles. The van der Waals surface area contributed by atoms with Gasteiger partial charge in [0.05, 0.1) is 10.5 Å². The molecule has 0 aromatic heterocycles. The van der Waals surface area contributed by atoms with Crippen LogP contribution in [0.25, 0.3) is 0 Å². The molecule has 8 heteroatoms. The van der Waals surface area contributed by atoms with Crippen molar-refractivity contribution in [3.8, 4) is 0 Å². The van der Waals surface area contributed by atoms with Gasteiger partial charge in [0.15, 0.2) is 0 Å². The first-order valence-corrected chi connectivity index (χ1v) is 10.6. The summed E-state index contributed by atoms with van der Waals surface area (Å²) in [6.45, 7) is 3.57. The number of sulfonamides is 1. The number of anilines is 1. The fourth-order valence-electron chi connectivity index (χ4n) is 2.77. The van der Waals surface area contributed by atoms with Crippen molar-refractivity contribution in [3.05, 3.63) is 94.6 Å². The summed E-state index contributed by atoms with van der Waals surface area (Å²) in [5, 5.41) is 2.62. The van der Waals surface area contributed by atoms with Gasteiger partial charge in [0.1, 0.15) is 11.6 Å². The number of hydrogen-bond donors (Lipinski definition) is 2. The van der Waals surface area contributed by atoms with Gasteiger partial charge in [0, 0.05) is 12.2 Å². The average molecular weight is 430 g/mol. The Balaban J connectivity index is 1.81. The predicted molar refractivity (Wildman–Crippen MR) is 111 cm³/mol. The van der Waals surface area contributed by atoms with Gasteiger partial charge in [-0.1, -0.05) is 24.3 Å². The van der Waals surface area contributed by atoms with Crippen LogP contribution in [0.2, 0.25) is 0 Å². The lowest BCUT2D eigenvalue weighted by Gasteiger charge is -2.12. The van der Waals surface area contributed by atoms with Crippen molar-refractivity contribution in [3.63, 3.8) is 0 Å². The van der Waals surface area contributed by atoms with E-state index in [-0.39, 0.29) is 17.0 Å². The normalized spacial score (nSPS) is 11.3. The van der Waals surface area contributed by atoms with Gasteiger partial charge >= 0.3 is 0 Å². The van der Waals surface area contributed by atoms with Crippen LogP contribution in [0.4, 0.5) is 14.5 Å². The van der Waals surface area contributed by atoms with Crippen molar-refractivity contribution < 1.29 is 22.0 Å². The minimum Gasteiger partial charge on any atom is -0.322 e. The third-order valence-corrected chi connectivity index (χ3v) is 5.91. The SMILES string of the molecule is Cc1ccc(C)c(NC(=O)c2cc(S(=O)(=O)NCc3ccc(F)cc3)ccc2F)c1. The van der Waals surface area contributed by atoms with Crippen LogP contribution >= 0.6 is 0 Å². The highest BCUT2D eigenvalue weighted by molar-refractivity contribution is 7.89. The summed E-state index contributed by atoms with van der Waals surface area (Å²) in [6.07, 6.45) is 0. The van der Waals surface area contributed by atoms with Crippen LogP contribution in [0.15, 0.2) is 65.6 Å². The van der Waals surface area contributed by atoms with E-state index in [0.717, 1.165) is 29.3 Å². The van der Waals surface area contributed by atoms with E-state index < -0.39 is 27.6 Å². The van der Waals surface area contributed by atoms with Gasteiger partial charge in [-0.2, -0.15) is 0 Å². The van der Waals surface area contributed by atoms with E-state index in [2.05, 4.69) is 10.0 Å². The van der Waals surface area contributed by atoms with E-state index in [1.165, 1.54) is 24.3 Å². The second-order valence-electron chi connectivity index (χ2n) is 6.87. The molecule has 0 unspecified atom stereocenters. The van der Waals surface area contributed by atoms with Crippen LogP contribution in [-0.4, -0.2) is 14.3 Å². The Kier molecular flexibility index (Phi) is 6.28. The molecule has 0 radical (unpaired) electrons. The minimum atomic E-state index is -4.02. The summed E-state index contributed by atoms with van der Waals surface area (Å²) in [5.74, 6) is -2.02. The molecule has 0 aliphatic rings. The highest BCUT2D eigenvalue weighted by Gasteiger charge is 2.20. The predicted octanol–water partition coefficient (Wildman–Crippen LogP) is 4.31. The molecule has 0 aliphatic heterocycles. The lowest BCUT2D eigenvalue weighted by molar-refractivity contribution is 0.102. The largest absolute Gasteiger partial charge is 0.322 e. The first-order valence-electron chi connectivity index (χ1n) is 9.08. The molecule has 0 saturated heterocycles. The quantitative estimate of drug-likeness (QED) is 0.612. The van der Waals surface area contributed by atoms with Gasteiger partial charge in [-0.15, -0.1) is 0 Å². The highest BCUT2D eigenvalue weighted by Crippen LogP contribution is 2.20. The topological polar surface area (TPSA) is 75.3 Å². The Bertz CT molecular complexity index is 1190. The van der Waals surface area contributed by atoms with Crippen molar-refractivity contribution in [1.29, 1.82) is 0 Å². The van der Waals surface area contributed by atoms with Crippen LogP contribution in [0.5, 0.6) is 0 Å². The van der Waals surface area contributed by atoms with Crippen LogP contribution in [-0.2, 0) is 16.6 Å². The van der Waals surface area contributed by atoms with Crippen LogP contribution in [0.3, 0.4) is 0 Å². The zero-order valence-corrected chi connectivity index (χ0v) is 17.2. The van der Waals surface area contributed by atoms with Crippen molar-refractivity contribution in [1.82, 2.24) is 4.72 Å². The summed E-state index contributed by atoms with van der Waals surface area (Å²) in [6, 6.07) is 13.8. The fourth-order valence-corrected chi connectivity index (χ4v) is 3.81. The minimum absolute atomic E-state index is 0.0794. The molecule has 0 fully saturated rings. The number of benzene rings is 3. The number of carbonyl (C=O) groups excluding carboxylic acids is 1. The van der Waals surface area contributed by atoms with Crippen molar-refractivity contribution in [2.75, 3.05) is 5.32 Å². The Morgan fingerprint density at radius 1 is 0.933 bits per heavy atom. The maximum atomic E-state index is 14.3. The third-order valence-electron chi connectivity index (χ3n) is 4.51. The molecule has 2 N–H and O–H groups in total. The second-order valence-corrected chi connectivity index (χ2v) is 8.63. The molecule has 3 aromatic carbocycles. The van der Waals surface area contributed by atoms with Crippen molar-refractivity contribution in [2.24, 2.45) is 0 Å². The number of rotatable bonds is 6. The van der Waals surface area contributed by atoms with Crippen molar-refractivity contribution >= 4 is 21.6 Å². The molecule has 0 atom stereocenters. The Morgan fingerprint density at radius 2 is 1.63 bits per heavy atom. The van der Waals surface area contributed by atoms with E-state index in [0.29, 0.717) is 11.3 Å². The van der Waals surface area contributed by atoms with Crippen molar-refractivity contribution in [2.45, 2.75) is 25.3 Å². The van der Waals surface area contributed by atoms with E-state index >= 15 is 0 Å². The molecule has 0 aliphatic carbocycles. The molecule has 0 spiro atoms. The number of hydrogen-bond acceptors (Lipinski definition) is 3. The lowest BCUT2D eigenvalue weighted by atomic mass is 10.1. The summed E-state index contributed by atoms with van der Waals surface area (Å²) in [4.78, 5) is 12.3. The summed E-state index contributed by atoms with van der Waals surface area (Å²) >= 11 is 0. The zero-order valence-electron chi connectivity index (χ0n) is 16.4. The summed E-state index contributed by atoms with van der Waals surface area (Å²) in [5.41, 5.74) is 2.38. The molecule has 3 aromatic rings. The van der Waals surface area contributed by atoms with Gasteiger partial charge in [-0.05, 0) is 66.9 Å². The Morgan fingerprint density at radius 3 is 2.33 bits per heavy atom. The molecule has 0 bridgehead atoms. The highest BCUT2D eigenvalue weighted by atomic mass is 32.2. The van der Waals surface area contributed by atoms with Crippen LogP contribution < -0.4 is 10.0 Å². The molecular weight excluding hydrogens is 410 g/mol. The average Bonchev–Trinajstić information content (AvgIpc) is 2.70. The number of nitrogens with one attached hydrogen (secondary N) is 2. The zero-order chi connectivity index (χ0) is 21.9. The number of halogens is 2. The van der Waals surface area contributed by atoms with E-state index in [4.69, 9.17) is 0 Å². The molecule has 30 heavy (non-hydrogen) atoms. The lowest BCUT2D eigenvalue weighted by Crippen LogP contribution is -2.24. The maximum Gasteiger partial charge on any atom is 0.258 e. The first-order chi connectivity index (χ1) is 14.2. The Hall–Kier alpha value is -3.10. The summed E-state index contributed by atoms with van der Waals surface area (Å²) < 4.78 is 54.8. The third kappa shape index (κ3) is 5.08. The van der Waals surface area contributed by atoms with Gasteiger partial charge < -0.3 is 5.32 Å². The molecule has 3 rings (SSSR count). The number of aryl methyl sites for hydroxylation is 2. The molecule has 156 valence electrons. The smallest absolute Gasteiger partial charge is 0.258 e. The number of amides is 1. The molecule has 0 heterocycles. The van der Waals surface area contributed by atoms with E-state index in [1.54, 1.807) is 13.0 Å². The maximum absolute atomic E-state index is 14.3. The standard InChI is InChI=1S/C22H20F2N2O3S/c1-14-3-4-15(2)21(11-14)26-22(27)19-12-18(9-10-20(19)24)30(28,29)25-13-16-5-7-17(23)8-6-16/h3-12,25H,13H2,1-2H3,(H,26,27). The Labute approximate surface area is 173 Å². The second kappa shape index (κ2) is 8.73. The van der Waals surface area contributed by atoms with E-state index in [9.17, 15) is 22.0 Å². The molecule has 1 amide bonds. The fraction of sp³-hybridized carbons (Fsp3) is 0.136. The monoisotopic (exact) mass is 430 g/mol. The molecule has 5 nitrogen and oxygen atoms in total. The number of carbonyl (C=O) groups is 1. The molecular formula is C22H20F2N2O3S.